The second-order valence-corrected chi connectivity index (χ2v) is 5.71. The maximum Gasteiger partial charge on any atom is 0.101 e. The molecule has 0 aliphatic carbocycles. The van der Waals surface area contributed by atoms with Crippen molar-refractivity contribution in [2.24, 2.45) is 5.73 Å². The summed E-state index contributed by atoms with van der Waals surface area (Å²) < 4.78 is 0. The lowest BCUT2D eigenvalue weighted by molar-refractivity contribution is 0.742. The maximum atomic E-state index is 9.31. The molecule has 0 saturated carbocycles. The van der Waals surface area contributed by atoms with Gasteiger partial charge in [0.15, 0.2) is 0 Å². The molecule has 2 N–H and O–H groups in total. The number of hydrogen-bond donors (Lipinski definition) is 1. The molecule has 0 fully saturated rings. The number of benzene rings is 1. The van der Waals surface area contributed by atoms with Crippen LogP contribution in [0.3, 0.4) is 0 Å². The largest absolute Gasteiger partial charge is 0.366 e. The van der Waals surface area contributed by atoms with Gasteiger partial charge in [0, 0.05) is 24.5 Å². The van der Waals surface area contributed by atoms with Gasteiger partial charge in [-0.2, -0.15) is 5.26 Å². The predicted molar refractivity (Wildman–Crippen MR) is 78.1 cm³/mol. The van der Waals surface area contributed by atoms with Crippen molar-refractivity contribution in [1.82, 2.24) is 0 Å². The lowest BCUT2D eigenvalue weighted by Gasteiger charge is -2.29. The number of nitrogens with two attached hydrogens (primary N) is 1. The van der Waals surface area contributed by atoms with Crippen molar-refractivity contribution in [1.29, 1.82) is 5.26 Å². The second-order valence-electron chi connectivity index (χ2n) is 4.71. The van der Waals surface area contributed by atoms with Crippen molar-refractivity contribution in [2.75, 3.05) is 11.4 Å². The molecule has 1 aliphatic heterocycles. The van der Waals surface area contributed by atoms with Crippen molar-refractivity contribution < 1.29 is 0 Å². The molecule has 3 rings (SSSR count). The highest BCUT2D eigenvalue weighted by Crippen LogP contribution is 2.30. The lowest BCUT2D eigenvalue weighted by Crippen LogP contribution is -2.30. The number of rotatable bonds is 2. The molecule has 0 unspecified atom stereocenters. The Morgan fingerprint density at radius 3 is 3.05 bits per heavy atom. The minimum atomic E-state index is 0.476. The molecule has 4 heteroatoms. The summed E-state index contributed by atoms with van der Waals surface area (Å²) in [5, 5.41) is 11.5. The Labute approximate surface area is 116 Å². The van der Waals surface area contributed by atoms with Crippen molar-refractivity contribution in [3.05, 3.63) is 51.2 Å². The monoisotopic (exact) mass is 269 g/mol. The molecule has 1 aliphatic rings. The van der Waals surface area contributed by atoms with E-state index in [1.54, 1.807) is 0 Å². The van der Waals surface area contributed by atoms with E-state index in [2.05, 4.69) is 22.4 Å². The van der Waals surface area contributed by atoms with Gasteiger partial charge < -0.3 is 10.6 Å². The average molecular weight is 269 g/mol. The number of fused-ring (bicyclic) bond motifs is 1. The first-order chi connectivity index (χ1) is 9.31. The Balaban J connectivity index is 1.94. The Morgan fingerprint density at radius 1 is 1.37 bits per heavy atom. The highest BCUT2D eigenvalue weighted by Gasteiger charge is 2.19. The molecule has 2 aromatic rings. The minimum absolute atomic E-state index is 0.476. The topological polar surface area (TPSA) is 53.1 Å². The van der Waals surface area contributed by atoms with Crippen LogP contribution in [0, 0.1) is 11.3 Å². The van der Waals surface area contributed by atoms with Gasteiger partial charge in [0.2, 0.25) is 0 Å². The number of nitriles is 1. The predicted octanol–water partition coefficient (Wildman–Crippen LogP) is 2.64. The highest BCUT2D eigenvalue weighted by molar-refractivity contribution is 7.10. The van der Waals surface area contributed by atoms with Gasteiger partial charge in [0.05, 0.1) is 11.3 Å². The molecule has 0 amide bonds. The number of thiophene rings is 1. The fourth-order valence-electron chi connectivity index (χ4n) is 2.53. The van der Waals surface area contributed by atoms with Crippen LogP contribution in [-0.4, -0.2) is 6.54 Å². The first kappa shape index (κ1) is 12.2. The summed E-state index contributed by atoms with van der Waals surface area (Å²) in [5.74, 6) is 0. The van der Waals surface area contributed by atoms with Gasteiger partial charge in [-0.1, -0.05) is 6.07 Å². The third-order valence-electron chi connectivity index (χ3n) is 3.57. The zero-order valence-corrected chi connectivity index (χ0v) is 11.4. The molecule has 1 aromatic carbocycles. The molecule has 3 nitrogen and oxygen atoms in total. The third-order valence-corrected chi connectivity index (χ3v) is 4.59. The molecule has 0 bridgehead atoms. The molecular weight excluding hydrogens is 254 g/mol. The maximum absolute atomic E-state index is 9.31. The lowest BCUT2D eigenvalue weighted by atomic mass is 10.0. The molecule has 0 spiro atoms. The van der Waals surface area contributed by atoms with Crippen LogP contribution in [0.4, 0.5) is 5.69 Å². The van der Waals surface area contributed by atoms with Crippen molar-refractivity contribution in [3.8, 4) is 6.07 Å². The summed E-state index contributed by atoms with van der Waals surface area (Å²) in [6.07, 6.45) is 1.07. The Bertz CT molecular complexity index is 639. The van der Waals surface area contributed by atoms with Crippen LogP contribution in [0.1, 0.15) is 21.6 Å². The van der Waals surface area contributed by atoms with Gasteiger partial charge in [0.1, 0.15) is 6.07 Å². The van der Waals surface area contributed by atoms with Gasteiger partial charge in [-0.25, -0.2) is 0 Å². The summed E-state index contributed by atoms with van der Waals surface area (Å²) in [6, 6.07) is 10.4. The van der Waals surface area contributed by atoms with Crippen LogP contribution in [0.25, 0.3) is 0 Å². The Kier molecular flexibility index (Phi) is 3.24. The van der Waals surface area contributed by atoms with Gasteiger partial charge in [-0.15, -0.1) is 11.3 Å². The van der Waals surface area contributed by atoms with Gasteiger partial charge in [0.25, 0.3) is 0 Å². The summed E-state index contributed by atoms with van der Waals surface area (Å²) in [6.45, 7) is 2.35. The molecule has 0 atom stereocenters. The molecule has 96 valence electrons. The summed E-state index contributed by atoms with van der Waals surface area (Å²) in [7, 11) is 0. The molecule has 1 aromatic heterocycles. The number of nitrogens with zero attached hydrogens (tertiary/aromatic N) is 2. The Morgan fingerprint density at radius 2 is 2.26 bits per heavy atom. The molecular formula is C15H15N3S. The summed E-state index contributed by atoms with van der Waals surface area (Å²) in [4.78, 5) is 3.77. The van der Waals surface area contributed by atoms with Crippen molar-refractivity contribution in [2.45, 2.75) is 19.5 Å². The van der Waals surface area contributed by atoms with Gasteiger partial charge in [-0.3, -0.25) is 0 Å². The van der Waals surface area contributed by atoms with Crippen molar-refractivity contribution in [3.63, 3.8) is 0 Å². The third kappa shape index (κ3) is 2.23. The zero-order chi connectivity index (χ0) is 13.2. The minimum Gasteiger partial charge on any atom is -0.366 e. The van der Waals surface area contributed by atoms with E-state index in [0.29, 0.717) is 6.54 Å². The first-order valence-corrected chi connectivity index (χ1v) is 7.23. The number of hydrogen-bond acceptors (Lipinski definition) is 4. The number of anilines is 1. The van der Waals surface area contributed by atoms with E-state index < -0.39 is 0 Å². The smallest absolute Gasteiger partial charge is 0.101 e. The molecule has 0 radical (unpaired) electrons. The fraction of sp³-hybridized carbons (Fsp3) is 0.267. The van der Waals surface area contributed by atoms with Gasteiger partial charge in [-0.05, 0) is 41.1 Å². The average Bonchev–Trinajstić information content (AvgIpc) is 2.93. The van der Waals surface area contributed by atoms with Crippen molar-refractivity contribution >= 4 is 17.0 Å². The fourth-order valence-corrected chi connectivity index (χ4v) is 3.42. The standard InChI is InChI=1S/C15H15N3S/c16-8-11-1-2-14(13(7-11)9-17)18-5-3-15-12(10-18)4-6-19-15/h1-2,4,6-7H,3,5,8,10,16H2. The van der Waals surface area contributed by atoms with Crippen LogP contribution in [-0.2, 0) is 19.5 Å². The van der Waals surface area contributed by atoms with E-state index in [4.69, 9.17) is 5.73 Å². The van der Waals surface area contributed by atoms with Gasteiger partial charge >= 0.3 is 0 Å². The SMILES string of the molecule is N#Cc1cc(CN)ccc1N1CCc2sccc2C1. The van der Waals surface area contributed by atoms with Crippen LogP contribution < -0.4 is 10.6 Å². The van der Waals surface area contributed by atoms with E-state index in [-0.39, 0.29) is 0 Å². The molecule has 19 heavy (non-hydrogen) atoms. The van der Waals surface area contributed by atoms with E-state index in [1.165, 1.54) is 10.4 Å². The quantitative estimate of drug-likeness (QED) is 0.912. The van der Waals surface area contributed by atoms with E-state index in [1.807, 2.05) is 29.5 Å². The normalized spacial score (nSPS) is 14.0. The molecule has 2 heterocycles. The summed E-state index contributed by atoms with van der Waals surface area (Å²) >= 11 is 1.83. The zero-order valence-electron chi connectivity index (χ0n) is 10.6. The first-order valence-electron chi connectivity index (χ1n) is 6.35. The van der Waals surface area contributed by atoms with E-state index in [9.17, 15) is 5.26 Å². The second kappa shape index (κ2) is 5.04. The molecule has 0 saturated heterocycles. The highest BCUT2D eigenvalue weighted by atomic mass is 32.1. The van der Waals surface area contributed by atoms with Crippen LogP contribution in [0.15, 0.2) is 29.6 Å². The van der Waals surface area contributed by atoms with Crippen LogP contribution >= 0.6 is 11.3 Å². The summed E-state index contributed by atoms with van der Waals surface area (Å²) in [5.41, 5.74) is 9.78. The van der Waals surface area contributed by atoms with Crippen LogP contribution in [0.2, 0.25) is 0 Å². The van der Waals surface area contributed by atoms with E-state index >= 15 is 0 Å². The van der Waals surface area contributed by atoms with E-state index in [0.717, 1.165) is 36.3 Å². The Hall–Kier alpha value is -1.83. The van der Waals surface area contributed by atoms with Crippen LogP contribution in [0.5, 0.6) is 0 Å².